The third-order valence-electron chi connectivity index (χ3n) is 2.78. The number of hydrogen-bond acceptors (Lipinski definition) is 2. The summed E-state index contributed by atoms with van der Waals surface area (Å²) in [5.41, 5.74) is 2.61. The number of rotatable bonds is 3. The van der Waals surface area contributed by atoms with Crippen LogP contribution in [0.3, 0.4) is 0 Å². The molecule has 16 heavy (non-hydrogen) atoms. The quantitative estimate of drug-likeness (QED) is 0.841. The molecule has 2 rings (SSSR count). The minimum Gasteiger partial charge on any atom is -0.384 e. The number of carbonyl (C=O) groups is 1. The van der Waals surface area contributed by atoms with Crippen LogP contribution in [0.4, 0.5) is 5.69 Å². The zero-order chi connectivity index (χ0) is 12.0. The topological polar surface area (TPSA) is 29.1 Å². The summed E-state index contributed by atoms with van der Waals surface area (Å²) in [7, 11) is 0. The highest BCUT2D eigenvalue weighted by Crippen LogP contribution is 2.33. The van der Waals surface area contributed by atoms with Gasteiger partial charge in [0, 0.05) is 24.6 Å². The number of carbonyl (C=O) groups excluding carboxylic acids is 1. The molecule has 0 saturated carbocycles. The summed E-state index contributed by atoms with van der Waals surface area (Å²) in [6.45, 7) is 6.64. The average Bonchev–Trinajstić information content (AvgIpc) is 2.72. The normalized spacial score (nSPS) is 16.8. The number of benzene rings is 1. The van der Waals surface area contributed by atoms with Crippen LogP contribution in [0.5, 0.6) is 0 Å². The van der Waals surface area contributed by atoms with Crippen LogP contribution in [0.2, 0.25) is 0 Å². The highest BCUT2D eigenvalue weighted by molar-refractivity contribution is 5.75. The fraction of sp³-hybridized carbons (Fsp3) is 0.500. The molecule has 0 fully saturated rings. The Morgan fingerprint density at radius 1 is 1.38 bits per heavy atom. The molecule has 1 unspecified atom stereocenters. The lowest BCUT2D eigenvalue weighted by atomic mass is 9.95. The van der Waals surface area contributed by atoms with E-state index in [0.29, 0.717) is 12.3 Å². The molecule has 1 heterocycles. The smallest absolute Gasteiger partial charge is 0.129 e. The Kier molecular flexibility index (Phi) is 5.03. The van der Waals surface area contributed by atoms with Crippen molar-refractivity contribution < 1.29 is 4.79 Å². The largest absolute Gasteiger partial charge is 0.384 e. The molecule has 0 aliphatic carbocycles. The van der Waals surface area contributed by atoms with Gasteiger partial charge < -0.3 is 10.1 Å². The zero-order valence-electron chi connectivity index (χ0n) is 10.4. The van der Waals surface area contributed by atoms with Gasteiger partial charge in [0.2, 0.25) is 0 Å². The van der Waals surface area contributed by atoms with Gasteiger partial charge in [-0.25, -0.2) is 0 Å². The summed E-state index contributed by atoms with van der Waals surface area (Å²) in [6.07, 6.45) is 1.67. The molecular weight excluding hydrogens is 198 g/mol. The van der Waals surface area contributed by atoms with Gasteiger partial charge in [0.05, 0.1) is 0 Å². The van der Waals surface area contributed by atoms with Crippen molar-refractivity contribution in [1.82, 2.24) is 0 Å². The monoisotopic (exact) mass is 219 g/mol. The maximum Gasteiger partial charge on any atom is 0.129 e. The summed E-state index contributed by atoms with van der Waals surface area (Å²) >= 11 is 0. The van der Waals surface area contributed by atoms with Gasteiger partial charge in [-0.2, -0.15) is 0 Å². The molecule has 1 aromatic rings. The molecule has 0 aromatic heterocycles. The van der Waals surface area contributed by atoms with E-state index in [-0.39, 0.29) is 5.78 Å². The van der Waals surface area contributed by atoms with Crippen LogP contribution in [0.1, 0.15) is 45.1 Å². The molecular formula is C14H21NO. The number of ketones is 1. The van der Waals surface area contributed by atoms with Gasteiger partial charge in [-0.1, -0.05) is 32.0 Å². The molecule has 0 amide bonds. The lowest BCUT2D eigenvalue weighted by Gasteiger charge is -2.07. The molecule has 0 saturated heterocycles. The van der Waals surface area contributed by atoms with E-state index < -0.39 is 0 Å². The first-order valence-electron chi connectivity index (χ1n) is 6.09. The number of Topliss-reactive ketones (excluding diaryl/α,β-unsaturated/α-hetero) is 1. The third kappa shape index (κ3) is 3.09. The van der Waals surface area contributed by atoms with Gasteiger partial charge in [-0.15, -0.1) is 0 Å². The van der Waals surface area contributed by atoms with Gasteiger partial charge in [-0.05, 0) is 25.0 Å². The van der Waals surface area contributed by atoms with Gasteiger partial charge in [0.15, 0.2) is 0 Å². The van der Waals surface area contributed by atoms with Gasteiger partial charge in [-0.3, -0.25) is 0 Å². The minimum absolute atomic E-state index is 0.286. The van der Waals surface area contributed by atoms with Crippen molar-refractivity contribution in [2.45, 2.75) is 39.5 Å². The van der Waals surface area contributed by atoms with Crippen LogP contribution in [-0.2, 0) is 4.79 Å². The number of fused-ring (bicyclic) bond motifs is 1. The number of hydrogen-bond donors (Lipinski definition) is 1. The standard InChI is InChI=1S/C12H15NO.C2H6/c1-9(14)6-7-10-8-13-12-5-3-2-4-11(10)12;1-2/h2-5,10,13H,6-8H2,1H3;1-2H3. The molecule has 2 nitrogen and oxygen atoms in total. The first-order chi connectivity index (χ1) is 7.77. The molecule has 88 valence electrons. The maximum absolute atomic E-state index is 10.9. The fourth-order valence-electron chi connectivity index (χ4n) is 1.99. The van der Waals surface area contributed by atoms with E-state index in [0.717, 1.165) is 13.0 Å². The third-order valence-corrected chi connectivity index (χ3v) is 2.78. The first kappa shape index (κ1) is 12.8. The van der Waals surface area contributed by atoms with Crippen LogP contribution in [0, 0.1) is 0 Å². The van der Waals surface area contributed by atoms with Crippen molar-refractivity contribution in [3.63, 3.8) is 0 Å². The molecule has 0 bridgehead atoms. The summed E-state index contributed by atoms with van der Waals surface area (Å²) in [4.78, 5) is 10.9. The van der Waals surface area contributed by atoms with Crippen LogP contribution in [-0.4, -0.2) is 12.3 Å². The van der Waals surface area contributed by atoms with Crippen LogP contribution in [0.25, 0.3) is 0 Å². The summed E-state index contributed by atoms with van der Waals surface area (Å²) in [5.74, 6) is 0.810. The first-order valence-corrected chi connectivity index (χ1v) is 6.09. The van der Waals surface area contributed by atoms with E-state index in [9.17, 15) is 4.79 Å². The van der Waals surface area contributed by atoms with Crippen molar-refractivity contribution in [1.29, 1.82) is 0 Å². The van der Waals surface area contributed by atoms with Crippen molar-refractivity contribution in [2.24, 2.45) is 0 Å². The number of anilines is 1. The van der Waals surface area contributed by atoms with Crippen LogP contribution < -0.4 is 5.32 Å². The number of nitrogens with one attached hydrogen (secondary N) is 1. The Hall–Kier alpha value is -1.31. The molecule has 0 spiro atoms. The molecule has 1 aliphatic heterocycles. The Labute approximate surface area is 98.1 Å². The van der Waals surface area contributed by atoms with Crippen molar-refractivity contribution in [3.05, 3.63) is 29.8 Å². The predicted octanol–water partition coefficient (Wildman–Crippen LogP) is 3.59. The molecule has 1 N–H and O–H groups in total. The van der Waals surface area contributed by atoms with Crippen LogP contribution in [0.15, 0.2) is 24.3 Å². The highest BCUT2D eigenvalue weighted by atomic mass is 16.1. The Morgan fingerprint density at radius 2 is 2.06 bits per heavy atom. The highest BCUT2D eigenvalue weighted by Gasteiger charge is 2.21. The SMILES string of the molecule is CC.CC(=O)CCC1CNc2ccccc21. The van der Waals surface area contributed by atoms with Gasteiger partial charge in [0.25, 0.3) is 0 Å². The molecule has 0 radical (unpaired) electrons. The van der Waals surface area contributed by atoms with E-state index >= 15 is 0 Å². The van der Waals surface area contributed by atoms with E-state index in [2.05, 4.69) is 23.5 Å². The molecule has 1 atom stereocenters. The fourth-order valence-corrected chi connectivity index (χ4v) is 1.99. The summed E-state index contributed by atoms with van der Waals surface area (Å²) < 4.78 is 0. The van der Waals surface area contributed by atoms with E-state index in [1.165, 1.54) is 11.3 Å². The van der Waals surface area contributed by atoms with Crippen molar-refractivity contribution in [3.8, 4) is 0 Å². The van der Waals surface area contributed by atoms with Crippen molar-refractivity contribution in [2.75, 3.05) is 11.9 Å². The van der Waals surface area contributed by atoms with Gasteiger partial charge >= 0.3 is 0 Å². The second-order valence-electron chi connectivity index (χ2n) is 3.91. The molecule has 1 aromatic carbocycles. The Bertz CT molecular complexity index is 346. The molecule has 1 aliphatic rings. The summed E-state index contributed by atoms with van der Waals surface area (Å²) in [5, 5.41) is 3.36. The zero-order valence-corrected chi connectivity index (χ0v) is 10.4. The number of para-hydroxylation sites is 1. The second-order valence-corrected chi connectivity index (χ2v) is 3.91. The lowest BCUT2D eigenvalue weighted by molar-refractivity contribution is -0.117. The van der Waals surface area contributed by atoms with E-state index in [1.54, 1.807) is 6.92 Å². The second kappa shape index (κ2) is 6.31. The summed E-state index contributed by atoms with van der Waals surface area (Å²) in [6, 6.07) is 8.36. The van der Waals surface area contributed by atoms with Gasteiger partial charge in [0.1, 0.15) is 5.78 Å². The minimum atomic E-state index is 0.286. The van der Waals surface area contributed by atoms with Crippen LogP contribution >= 0.6 is 0 Å². The molecule has 2 heteroatoms. The Balaban J connectivity index is 0.000000606. The lowest BCUT2D eigenvalue weighted by Crippen LogP contribution is -2.04. The van der Waals surface area contributed by atoms with E-state index in [1.807, 2.05) is 19.9 Å². The average molecular weight is 219 g/mol. The maximum atomic E-state index is 10.9. The van der Waals surface area contributed by atoms with E-state index in [4.69, 9.17) is 0 Å². The predicted molar refractivity (Wildman–Crippen MR) is 68.9 cm³/mol. The Morgan fingerprint density at radius 3 is 2.75 bits per heavy atom. The van der Waals surface area contributed by atoms with Crippen molar-refractivity contribution >= 4 is 11.5 Å².